The Bertz CT molecular complexity index is 1610. The first kappa shape index (κ1) is 25.0. The molecule has 2 aliphatic heterocycles. The van der Waals surface area contributed by atoms with Crippen LogP contribution >= 0.6 is 11.6 Å². The van der Waals surface area contributed by atoms with Crippen molar-refractivity contribution in [3.8, 4) is 17.0 Å². The Morgan fingerprint density at radius 1 is 1.26 bits per heavy atom. The Hall–Kier alpha value is -4.30. The maximum absolute atomic E-state index is 13.4. The minimum absolute atomic E-state index is 0.0150. The molecule has 0 radical (unpaired) electrons. The number of fused-ring (bicyclic) bond motifs is 2. The van der Waals surface area contributed by atoms with Gasteiger partial charge in [-0.25, -0.2) is 9.50 Å². The number of ether oxygens (including phenoxy) is 1. The molecule has 15 heteroatoms. The highest BCUT2D eigenvalue weighted by molar-refractivity contribution is 6.31. The molecule has 5 heterocycles. The molecule has 39 heavy (non-hydrogen) atoms. The van der Waals surface area contributed by atoms with Crippen molar-refractivity contribution in [1.29, 1.82) is 0 Å². The Labute approximate surface area is 224 Å². The second-order valence-electron chi connectivity index (χ2n) is 9.33. The van der Waals surface area contributed by atoms with E-state index >= 15 is 0 Å². The monoisotopic (exact) mass is 557 g/mol. The predicted molar refractivity (Wildman–Crippen MR) is 137 cm³/mol. The number of piperazine rings is 1. The number of amides is 2. The van der Waals surface area contributed by atoms with Crippen LogP contribution in [0.4, 0.5) is 20.3 Å². The zero-order valence-electron chi connectivity index (χ0n) is 20.5. The van der Waals surface area contributed by atoms with E-state index in [1.165, 1.54) is 39.8 Å². The zero-order valence-corrected chi connectivity index (χ0v) is 21.2. The number of likely N-dealkylation sites (tertiary alicyclic amines) is 2. The summed E-state index contributed by atoms with van der Waals surface area (Å²) in [5.74, 6) is -1.07. The molecule has 2 amide bonds. The zero-order chi connectivity index (χ0) is 27.4. The van der Waals surface area contributed by atoms with Crippen LogP contribution < -0.4 is 15.8 Å². The highest BCUT2D eigenvalue weighted by Crippen LogP contribution is 2.38. The molecule has 0 saturated carbocycles. The highest BCUT2D eigenvalue weighted by Gasteiger charge is 2.51. The van der Waals surface area contributed by atoms with Crippen LogP contribution in [0.3, 0.4) is 0 Å². The van der Waals surface area contributed by atoms with Crippen LogP contribution in [0.5, 0.6) is 5.75 Å². The maximum Gasteiger partial charge on any atom is 0.387 e. The number of benzene rings is 1. The van der Waals surface area contributed by atoms with Crippen molar-refractivity contribution < 1.29 is 23.1 Å². The molecule has 3 aromatic heterocycles. The molecule has 3 N–H and O–H groups in total. The van der Waals surface area contributed by atoms with Crippen molar-refractivity contribution in [2.75, 3.05) is 31.2 Å². The standard InChI is InChI=1S/C24H22ClF2N9O3/c1-33-9-16-15(33)10-35(16)18(37)11-34-8-14(20(31-34)13-7-12(25)3-4-17(13)39-24(26)27)30-23(38)19-21(28)32-36-6-2-5-29-22(19)36/h2-8,15-16,24H,9-11H2,1H3,(H2,28,32)(H,30,38)/t15?,16-/m0/s1. The Morgan fingerprint density at radius 2 is 2.08 bits per heavy atom. The number of rotatable bonds is 7. The lowest BCUT2D eigenvalue weighted by atomic mass is 9.86. The van der Waals surface area contributed by atoms with Gasteiger partial charge in [0.05, 0.1) is 11.7 Å². The number of nitrogens with two attached hydrogens (primary N) is 1. The number of halogens is 3. The van der Waals surface area contributed by atoms with Crippen LogP contribution in [0.2, 0.25) is 5.02 Å². The first-order valence-electron chi connectivity index (χ1n) is 11.9. The molecule has 4 aromatic rings. The first-order chi connectivity index (χ1) is 18.7. The maximum atomic E-state index is 13.4. The summed E-state index contributed by atoms with van der Waals surface area (Å²) in [5, 5.41) is 11.5. The Morgan fingerprint density at radius 3 is 2.79 bits per heavy atom. The molecule has 12 nitrogen and oxygen atoms in total. The van der Waals surface area contributed by atoms with Crippen LogP contribution in [-0.4, -0.2) is 84.8 Å². The number of nitrogen functional groups attached to an aromatic ring is 1. The topological polar surface area (TPSA) is 136 Å². The number of aromatic nitrogens is 5. The number of hydrogen-bond acceptors (Lipinski definition) is 8. The van der Waals surface area contributed by atoms with Gasteiger partial charge in [-0.05, 0) is 31.3 Å². The van der Waals surface area contributed by atoms with Gasteiger partial charge in [-0.15, -0.1) is 5.10 Å². The lowest BCUT2D eigenvalue weighted by Crippen LogP contribution is -2.78. The minimum atomic E-state index is -3.11. The van der Waals surface area contributed by atoms with Crippen LogP contribution in [0, 0.1) is 0 Å². The van der Waals surface area contributed by atoms with Crippen LogP contribution in [0.15, 0.2) is 42.9 Å². The van der Waals surface area contributed by atoms with Gasteiger partial charge in [0.25, 0.3) is 5.91 Å². The number of nitrogens with zero attached hydrogens (tertiary/aromatic N) is 7. The highest BCUT2D eigenvalue weighted by atomic mass is 35.5. The van der Waals surface area contributed by atoms with Crippen molar-refractivity contribution in [2.24, 2.45) is 0 Å². The molecule has 2 saturated heterocycles. The summed E-state index contributed by atoms with van der Waals surface area (Å²) in [6.45, 7) is -1.81. The smallest absolute Gasteiger partial charge is 0.387 e. The molecule has 1 unspecified atom stereocenters. The van der Waals surface area contributed by atoms with Gasteiger partial charge in [0.1, 0.15) is 23.6 Å². The molecule has 1 aromatic carbocycles. The fraction of sp³-hybridized carbons (Fsp3) is 0.292. The average Bonchev–Trinajstić information content (AvgIpc) is 3.42. The summed E-state index contributed by atoms with van der Waals surface area (Å²) < 4.78 is 33.8. The number of carbonyl (C=O) groups is 2. The lowest BCUT2D eigenvalue weighted by molar-refractivity contribution is -0.162. The molecule has 202 valence electrons. The largest absolute Gasteiger partial charge is 0.434 e. The van der Waals surface area contributed by atoms with Crippen molar-refractivity contribution in [3.63, 3.8) is 0 Å². The van der Waals surface area contributed by atoms with Gasteiger partial charge < -0.3 is 20.7 Å². The molecule has 0 aliphatic carbocycles. The molecular formula is C24H22ClF2N9O3. The number of alkyl halides is 2. The molecular weight excluding hydrogens is 536 g/mol. The summed E-state index contributed by atoms with van der Waals surface area (Å²) >= 11 is 6.17. The van der Waals surface area contributed by atoms with Gasteiger partial charge >= 0.3 is 6.61 Å². The SMILES string of the molecule is CN1C[C@H]2C1CN2C(=O)Cn1cc(NC(=O)c2c(N)nn3cccnc23)c(-c2cc(Cl)ccc2OC(F)F)n1. The second-order valence-corrected chi connectivity index (χ2v) is 9.77. The number of anilines is 2. The van der Waals surface area contributed by atoms with Crippen molar-refractivity contribution in [2.45, 2.75) is 25.2 Å². The van der Waals surface area contributed by atoms with Crippen molar-refractivity contribution >= 4 is 40.6 Å². The summed E-state index contributed by atoms with van der Waals surface area (Å²) in [6, 6.07) is 6.22. The fourth-order valence-corrected chi connectivity index (χ4v) is 5.15. The van der Waals surface area contributed by atoms with Crippen molar-refractivity contribution in [3.05, 3.63) is 53.4 Å². The van der Waals surface area contributed by atoms with E-state index < -0.39 is 12.5 Å². The number of nitrogens with one attached hydrogen (secondary N) is 1. The molecule has 0 spiro atoms. The van der Waals surface area contributed by atoms with Gasteiger partial charge in [-0.1, -0.05) is 11.6 Å². The van der Waals surface area contributed by atoms with Crippen LogP contribution in [-0.2, 0) is 11.3 Å². The third-order valence-electron chi connectivity index (χ3n) is 6.96. The summed E-state index contributed by atoms with van der Waals surface area (Å²) in [5.41, 5.74) is 6.52. The average molecular weight is 558 g/mol. The van der Waals surface area contributed by atoms with Crippen LogP contribution in [0.1, 0.15) is 10.4 Å². The van der Waals surface area contributed by atoms with E-state index in [0.717, 1.165) is 6.54 Å². The quantitative estimate of drug-likeness (QED) is 0.353. The molecule has 2 aliphatic rings. The van der Waals surface area contributed by atoms with E-state index in [4.69, 9.17) is 17.3 Å². The Kier molecular flexibility index (Phi) is 6.07. The summed E-state index contributed by atoms with van der Waals surface area (Å²) in [4.78, 5) is 34.5. The van der Waals surface area contributed by atoms with Gasteiger partial charge in [-0.3, -0.25) is 19.2 Å². The summed E-state index contributed by atoms with van der Waals surface area (Å²) in [7, 11) is 2.01. The lowest BCUT2D eigenvalue weighted by Gasteiger charge is -2.60. The van der Waals surface area contributed by atoms with E-state index in [1.54, 1.807) is 17.2 Å². The molecule has 6 rings (SSSR count). The first-order valence-corrected chi connectivity index (χ1v) is 12.3. The van der Waals surface area contributed by atoms with Crippen molar-refractivity contribution in [1.82, 2.24) is 34.2 Å². The normalized spacial score (nSPS) is 18.5. The van der Waals surface area contributed by atoms with Gasteiger partial charge in [0.15, 0.2) is 11.5 Å². The number of carbonyl (C=O) groups excluding carboxylic acids is 2. The van der Waals surface area contributed by atoms with E-state index in [-0.39, 0.29) is 63.2 Å². The Balaban J connectivity index is 1.36. The number of hydrogen-bond donors (Lipinski definition) is 2. The molecule has 2 atom stereocenters. The fourth-order valence-electron chi connectivity index (χ4n) is 4.98. The minimum Gasteiger partial charge on any atom is -0.434 e. The van der Waals surface area contributed by atoms with Gasteiger partial charge in [-0.2, -0.15) is 13.9 Å². The van der Waals surface area contributed by atoms with Gasteiger partial charge in [0, 0.05) is 48.3 Å². The third-order valence-corrected chi connectivity index (χ3v) is 7.19. The van der Waals surface area contributed by atoms with E-state index in [9.17, 15) is 18.4 Å². The third kappa shape index (κ3) is 4.40. The molecule has 2 fully saturated rings. The predicted octanol–water partition coefficient (Wildman–Crippen LogP) is 2.21. The van der Waals surface area contributed by atoms with E-state index in [2.05, 4.69) is 30.1 Å². The van der Waals surface area contributed by atoms with E-state index in [0.29, 0.717) is 12.6 Å². The molecule has 0 bridgehead atoms. The second kappa shape index (κ2) is 9.47. The van der Waals surface area contributed by atoms with E-state index in [1.807, 2.05) is 7.05 Å². The summed E-state index contributed by atoms with van der Waals surface area (Å²) in [6.07, 6.45) is 4.52. The van der Waals surface area contributed by atoms with Crippen LogP contribution in [0.25, 0.3) is 16.9 Å². The van der Waals surface area contributed by atoms with Gasteiger partial charge in [0.2, 0.25) is 5.91 Å². The number of likely N-dealkylation sites (N-methyl/N-ethyl adjacent to an activating group) is 1.